The molecule has 406 valence electrons. The molecule has 0 aromatic rings. The number of aliphatic hydroxyl groups excluding tert-OH is 4. The van der Waals surface area contributed by atoms with Crippen molar-refractivity contribution in [1.29, 1.82) is 0 Å². The average molecular weight is 963 g/mol. The molecule has 0 rings (SSSR count). The summed E-state index contributed by atoms with van der Waals surface area (Å²) in [6.07, 6.45) is 68.8. The third-order valence-electron chi connectivity index (χ3n) is 15.0. The van der Waals surface area contributed by atoms with E-state index in [0.717, 1.165) is 38.5 Å². The van der Waals surface area contributed by atoms with Gasteiger partial charge < -0.3 is 25.7 Å². The van der Waals surface area contributed by atoms with E-state index in [4.69, 9.17) is 0 Å². The Morgan fingerprint density at radius 3 is 0.882 bits per heavy atom. The number of unbranched alkanes of at least 4 members (excludes halogenated alkanes) is 47. The topological polar surface area (TPSA) is 110 Å². The molecule has 6 heteroatoms. The Hall–Kier alpha value is -0.950. The van der Waals surface area contributed by atoms with Gasteiger partial charge in [-0.1, -0.05) is 321 Å². The quantitative estimate of drug-likeness (QED) is 0.0308. The predicted molar refractivity (Wildman–Crippen MR) is 298 cm³/mol. The first-order valence-corrected chi connectivity index (χ1v) is 31.1. The molecule has 0 fully saturated rings. The van der Waals surface area contributed by atoms with Crippen LogP contribution >= 0.6 is 0 Å². The summed E-state index contributed by atoms with van der Waals surface area (Å²) in [4.78, 5) is 12.6. The molecule has 68 heavy (non-hydrogen) atoms. The molecule has 0 radical (unpaired) electrons. The first kappa shape index (κ1) is 67.0. The predicted octanol–water partition coefficient (Wildman–Crippen LogP) is 18.4. The van der Waals surface area contributed by atoms with Crippen LogP contribution in [0.25, 0.3) is 0 Å². The monoisotopic (exact) mass is 962 g/mol. The van der Waals surface area contributed by atoms with Gasteiger partial charge in [0.15, 0.2) is 0 Å². The zero-order chi connectivity index (χ0) is 49.5. The first-order chi connectivity index (χ1) is 33.5. The normalized spacial score (nSPS) is 13.7. The lowest BCUT2D eigenvalue weighted by molar-refractivity contribution is -0.132. The fourth-order valence-corrected chi connectivity index (χ4v) is 10.1. The molecular formula is C62H123NO5. The molecular weight excluding hydrogens is 839 g/mol. The van der Waals surface area contributed by atoms with Crippen molar-refractivity contribution in [1.82, 2.24) is 5.32 Å². The molecule has 0 bridgehead atoms. The van der Waals surface area contributed by atoms with Crippen LogP contribution in [0.5, 0.6) is 0 Å². The summed E-state index contributed by atoms with van der Waals surface area (Å²) < 4.78 is 0. The van der Waals surface area contributed by atoms with E-state index in [1.807, 2.05) is 0 Å². The zero-order valence-corrected chi connectivity index (χ0v) is 46.1. The van der Waals surface area contributed by atoms with Crippen LogP contribution in [0.15, 0.2) is 12.2 Å². The number of nitrogens with one attached hydrogen (secondary N) is 1. The van der Waals surface area contributed by atoms with Gasteiger partial charge in [-0.25, -0.2) is 0 Å². The number of hydrogen-bond donors (Lipinski definition) is 5. The van der Waals surface area contributed by atoms with Crippen LogP contribution in [0.3, 0.4) is 0 Å². The molecule has 0 aliphatic rings. The summed E-state index contributed by atoms with van der Waals surface area (Å²) in [5, 5.41) is 44.1. The minimum atomic E-state index is -1.28. The lowest BCUT2D eigenvalue weighted by Crippen LogP contribution is -2.53. The van der Waals surface area contributed by atoms with Crippen molar-refractivity contribution in [2.24, 2.45) is 0 Å². The summed E-state index contributed by atoms with van der Waals surface area (Å²) in [7, 11) is 0. The SMILES string of the molecule is CCCCCCCCCCCCCCCCCCCCCCC/C=C/CCCC(O)C(O)C(CO)NC(=O)C(O)CCCCCCCCCCCCCCCCCCCCCCCCCCCC. The Morgan fingerprint density at radius 1 is 0.353 bits per heavy atom. The van der Waals surface area contributed by atoms with Gasteiger partial charge in [0.25, 0.3) is 0 Å². The zero-order valence-electron chi connectivity index (χ0n) is 46.1. The largest absolute Gasteiger partial charge is 0.394 e. The molecule has 6 nitrogen and oxygen atoms in total. The molecule has 1 amide bonds. The minimum absolute atomic E-state index is 0.369. The Balaban J connectivity index is 3.59. The number of carbonyl (C=O) groups is 1. The number of aliphatic hydroxyl groups is 4. The molecule has 0 saturated carbocycles. The fourth-order valence-electron chi connectivity index (χ4n) is 10.1. The van der Waals surface area contributed by atoms with E-state index in [0.29, 0.717) is 12.8 Å². The molecule has 0 aliphatic heterocycles. The third-order valence-corrected chi connectivity index (χ3v) is 15.0. The van der Waals surface area contributed by atoms with Crippen LogP contribution in [0, 0.1) is 0 Å². The lowest BCUT2D eigenvalue weighted by Gasteiger charge is -2.27. The maximum Gasteiger partial charge on any atom is 0.249 e. The molecule has 0 heterocycles. The van der Waals surface area contributed by atoms with Crippen molar-refractivity contribution in [2.45, 2.75) is 372 Å². The average Bonchev–Trinajstić information content (AvgIpc) is 3.34. The van der Waals surface area contributed by atoms with E-state index in [1.54, 1.807) is 0 Å². The lowest BCUT2D eigenvalue weighted by atomic mass is 10.00. The Kier molecular flexibility index (Phi) is 56.2. The van der Waals surface area contributed by atoms with Gasteiger partial charge in [0, 0.05) is 0 Å². The molecule has 0 saturated heterocycles. The molecule has 4 atom stereocenters. The summed E-state index contributed by atoms with van der Waals surface area (Å²) >= 11 is 0. The minimum Gasteiger partial charge on any atom is -0.394 e. The molecule has 5 N–H and O–H groups in total. The molecule has 0 aromatic carbocycles. The van der Waals surface area contributed by atoms with Gasteiger partial charge in [-0.15, -0.1) is 0 Å². The highest BCUT2D eigenvalue weighted by Gasteiger charge is 2.28. The van der Waals surface area contributed by atoms with Gasteiger partial charge in [0.1, 0.15) is 12.2 Å². The first-order valence-electron chi connectivity index (χ1n) is 31.1. The van der Waals surface area contributed by atoms with E-state index in [-0.39, 0.29) is 0 Å². The van der Waals surface area contributed by atoms with Crippen LogP contribution in [0.1, 0.15) is 348 Å². The number of amides is 1. The highest BCUT2D eigenvalue weighted by Crippen LogP contribution is 2.19. The van der Waals surface area contributed by atoms with Crippen LogP contribution < -0.4 is 5.32 Å². The van der Waals surface area contributed by atoms with Crippen molar-refractivity contribution in [2.75, 3.05) is 6.61 Å². The Bertz CT molecular complexity index is 990. The van der Waals surface area contributed by atoms with E-state index >= 15 is 0 Å². The van der Waals surface area contributed by atoms with Gasteiger partial charge in [0.05, 0.1) is 18.8 Å². The second-order valence-electron chi connectivity index (χ2n) is 21.8. The second kappa shape index (κ2) is 57.0. The van der Waals surface area contributed by atoms with Gasteiger partial charge in [-0.05, 0) is 38.5 Å². The van der Waals surface area contributed by atoms with E-state index in [2.05, 4.69) is 31.3 Å². The Labute approximate surface area is 425 Å². The second-order valence-corrected chi connectivity index (χ2v) is 21.8. The van der Waals surface area contributed by atoms with E-state index < -0.39 is 36.9 Å². The van der Waals surface area contributed by atoms with E-state index in [1.165, 1.54) is 283 Å². The summed E-state index contributed by atoms with van der Waals surface area (Å²) in [6.45, 7) is 4.10. The van der Waals surface area contributed by atoms with Gasteiger partial charge in [-0.3, -0.25) is 4.79 Å². The fraction of sp³-hybridized carbons (Fsp3) is 0.952. The van der Waals surface area contributed by atoms with Crippen LogP contribution in [-0.2, 0) is 4.79 Å². The summed E-state index contributed by atoms with van der Waals surface area (Å²) in [5.74, 6) is -0.585. The standard InChI is InChI=1S/C62H123NO5/c1-3-5-7-9-11-13-15-17-19-21-23-25-27-29-31-33-35-37-39-41-43-45-47-49-51-53-55-59(65)61(67)58(57-64)63-62(68)60(66)56-54-52-50-48-46-44-42-40-38-36-34-32-30-28-26-24-22-20-18-16-14-12-10-8-6-4-2/h47,49,58-61,64-67H,3-46,48,50-57H2,1-2H3,(H,63,68)/b49-47+. The highest BCUT2D eigenvalue weighted by molar-refractivity contribution is 5.80. The maximum atomic E-state index is 12.6. The Morgan fingerprint density at radius 2 is 0.603 bits per heavy atom. The third kappa shape index (κ3) is 50.0. The number of hydrogen-bond acceptors (Lipinski definition) is 5. The molecule has 0 aromatic heterocycles. The van der Waals surface area contributed by atoms with Gasteiger partial charge in [-0.2, -0.15) is 0 Å². The smallest absolute Gasteiger partial charge is 0.249 e. The number of carbonyl (C=O) groups excluding carboxylic acids is 1. The highest BCUT2D eigenvalue weighted by atomic mass is 16.3. The molecule has 0 aliphatic carbocycles. The van der Waals surface area contributed by atoms with Crippen molar-refractivity contribution in [3.8, 4) is 0 Å². The van der Waals surface area contributed by atoms with E-state index in [9.17, 15) is 25.2 Å². The van der Waals surface area contributed by atoms with Crippen molar-refractivity contribution in [3.05, 3.63) is 12.2 Å². The maximum absolute atomic E-state index is 12.6. The summed E-state index contributed by atoms with van der Waals surface area (Å²) in [5.41, 5.74) is 0. The van der Waals surface area contributed by atoms with Crippen LogP contribution in [0.2, 0.25) is 0 Å². The number of rotatable bonds is 58. The molecule has 0 spiro atoms. The number of allylic oxidation sites excluding steroid dienone is 2. The van der Waals surface area contributed by atoms with Crippen molar-refractivity contribution >= 4 is 5.91 Å². The van der Waals surface area contributed by atoms with Crippen molar-refractivity contribution < 1.29 is 25.2 Å². The summed E-state index contributed by atoms with van der Waals surface area (Å²) in [6, 6.07) is -0.999. The van der Waals surface area contributed by atoms with Crippen LogP contribution in [-0.4, -0.2) is 57.3 Å². The van der Waals surface area contributed by atoms with Crippen LogP contribution in [0.4, 0.5) is 0 Å². The van der Waals surface area contributed by atoms with Gasteiger partial charge >= 0.3 is 0 Å². The van der Waals surface area contributed by atoms with Crippen molar-refractivity contribution in [3.63, 3.8) is 0 Å². The molecule has 4 unspecified atom stereocenters. The van der Waals surface area contributed by atoms with Gasteiger partial charge in [0.2, 0.25) is 5.91 Å².